The van der Waals surface area contributed by atoms with Crippen molar-refractivity contribution in [2.45, 2.75) is 51.9 Å². The molecule has 2 nitrogen and oxygen atoms in total. The molecule has 0 spiro atoms. The average Bonchev–Trinajstić information content (AvgIpc) is 2.81. The third-order valence-corrected chi connectivity index (χ3v) is 2.83. The number of hydrogen-bond donors (Lipinski definition) is 0. The van der Waals surface area contributed by atoms with Crippen molar-refractivity contribution in [3.63, 3.8) is 0 Å². The van der Waals surface area contributed by atoms with Crippen LogP contribution < -0.4 is 0 Å². The summed E-state index contributed by atoms with van der Waals surface area (Å²) in [7, 11) is 0. The van der Waals surface area contributed by atoms with Crippen molar-refractivity contribution in [1.82, 2.24) is 0 Å². The predicted octanol–water partition coefficient (Wildman–Crippen LogP) is 4.17. The van der Waals surface area contributed by atoms with Gasteiger partial charge in [0.1, 0.15) is 0 Å². The van der Waals surface area contributed by atoms with E-state index in [2.05, 4.69) is 0 Å². The first-order valence-corrected chi connectivity index (χ1v) is 5.94. The molecule has 1 aliphatic carbocycles. The van der Waals surface area contributed by atoms with Gasteiger partial charge in [-0.05, 0) is 30.4 Å². The van der Waals surface area contributed by atoms with E-state index in [0.29, 0.717) is 11.7 Å². The van der Waals surface area contributed by atoms with E-state index in [1.165, 1.54) is 37.7 Å². The summed E-state index contributed by atoms with van der Waals surface area (Å²) in [5.41, 5.74) is 1.21. The zero-order valence-corrected chi connectivity index (χ0v) is 9.66. The summed E-state index contributed by atoms with van der Waals surface area (Å²) in [4.78, 5) is 10.4. The molecular weight excluding hydrogens is 188 g/mol. The Morgan fingerprint density at radius 3 is 2.47 bits per heavy atom. The first kappa shape index (κ1) is 12.0. The van der Waals surface area contributed by atoms with Crippen LogP contribution in [0.1, 0.15) is 68.0 Å². The molecule has 15 heavy (non-hydrogen) atoms. The van der Waals surface area contributed by atoms with Crippen LogP contribution in [0.5, 0.6) is 0 Å². The molecule has 2 heteroatoms. The zero-order valence-electron chi connectivity index (χ0n) is 9.66. The minimum atomic E-state index is 0.459. The van der Waals surface area contributed by atoms with Crippen molar-refractivity contribution < 1.29 is 9.21 Å². The first-order valence-electron chi connectivity index (χ1n) is 5.94. The Bertz CT molecular complexity index is 282. The Balaban J connectivity index is 0.000000531. The third-order valence-electron chi connectivity index (χ3n) is 2.83. The molecule has 0 unspecified atom stereocenters. The van der Waals surface area contributed by atoms with E-state index in [4.69, 9.17) is 4.42 Å². The normalized spacial score (nSPS) is 16.7. The standard InChI is InChI=1S/C11H14O2.C2H6/c12-7-11-6-10(8-13-11)9-4-2-1-3-5-9;1-2/h6-9H,1-5H2;1-2H3. The molecule has 0 amide bonds. The first-order chi connectivity index (χ1) is 7.40. The summed E-state index contributed by atoms with van der Waals surface area (Å²) in [5, 5.41) is 0. The average molecular weight is 208 g/mol. The Morgan fingerprint density at radius 1 is 1.27 bits per heavy atom. The number of hydrogen-bond acceptors (Lipinski definition) is 2. The minimum absolute atomic E-state index is 0.459. The predicted molar refractivity (Wildman–Crippen MR) is 61.3 cm³/mol. The van der Waals surface area contributed by atoms with Gasteiger partial charge in [0.15, 0.2) is 12.0 Å². The van der Waals surface area contributed by atoms with E-state index in [1.54, 1.807) is 6.26 Å². The molecule has 1 aromatic rings. The van der Waals surface area contributed by atoms with Crippen molar-refractivity contribution in [1.29, 1.82) is 0 Å². The van der Waals surface area contributed by atoms with Gasteiger partial charge in [-0.2, -0.15) is 0 Å². The highest BCUT2D eigenvalue weighted by Gasteiger charge is 2.17. The van der Waals surface area contributed by atoms with Gasteiger partial charge in [0.05, 0.1) is 6.26 Å². The molecule has 0 saturated heterocycles. The summed E-state index contributed by atoms with van der Waals surface area (Å²) in [6.45, 7) is 4.00. The lowest BCUT2D eigenvalue weighted by atomic mass is 9.85. The Kier molecular flexibility index (Phi) is 5.16. The van der Waals surface area contributed by atoms with Crippen LogP contribution in [0.15, 0.2) is 16.7 Å². The molecule has 1 aromatic heterocycles. The fraction of sp³-hybridized carbons (Fsp3) is 0.615. The van der Waals surface area contributed by atoms with Crippen molar-refractivity contribution in [3.05, 3.63) is 23.7 Å². The summed E-state index contributed by atoms with van der Waals surface area (Å²) < 4.78 is 5.10. The quantitative estimate of drug-likeness (QED) is 0.683. The summed E-state index contributed by atoms with van der Waals surface area (Å²) >= 11 is 0. The number of carbonyl (C=O) groups is 1. The molecule has 1 saturated carbocycles. The molecule has 1 aliphatic rings. The number of aldehydes is 1. The van der Waals surface area contributed by atoms with Gasteiger partial charge >= 0.3 is 0 Å². The van der Waals surface area contributed by atoms with Gasteiger partial charge in [-0.3, -0.25) is 4.79 Å². The molecule has 1 fully saturated rings. The van der Waals surface area contributed by atoms with Crippen LogP contribution in [-0.4, -0.2) is 6.29 Å². The highest BCUT2D eigenvalue weighted by Crippen LogP contribution is 2.33. The molecular formula is C13H20O2. The maximum atomic E-state index is 10.4. The topological polar surface area (TPSA) is 30.2 Å². The molecule has 1 heterocycles. The number of furan rings is 1. The summed E-state index contributed by atoms with van der Waals surface area (Å²) in [5.74, 6) is 1.09. The lowest BCUT2D eigenvalue weighted by Crippen LogP contribution is -2.02. The van der Waals surface area contributed by atoms with Crippen molar-refractivity contribution in [2.24, 2.45) is 0 Å². The summed E-state index contributed by atoms with van der Waals surface area (Å²) in [6.07, 6.45) is 8.98. The number of rotatable bonds is 2. The van der Waals surface area contributed by atoms with E-state index < -0.39 is 0 Å². The van der Waals surface area contributed by atoms with E-state index in [0.717, 1.165) is 6.29 Å². The lowest BCUT2D eigenvalue weighted by molar-refractivity contribution is 0.110. The third kappa shape index (κ3) is 3.22. The molecule has 84 valence electrons. The smallest absolute Gasteiger partial charge is 0.185 e. The highest BCUT2D eigenvalue weighted by atomic mass is 16.3. The Hall–Kier alpha value is -1.05. The molecule has 0 N–H and O–H groups in total. The van der Waals surface area contributed by atoms with Gasteiger partial charge in [0.25, 0.3) is 0 Å². The monoisotopic (exact) mass is 208 g/mol. The van der Waals surface area contributed by atoms with Crippen LogP contribution in [0, 0.1) is 0 Å². The molecule has 0 aromatic carbocycles. The Morgan fingerprint density at radius 2 is 1.93 bits per heavy atom. The van der Waals surface area contributed by atoms with Gasteiger partial charge < -0.3 is 4.42 Å². The van der Waals surface area contributed by atoms with Crippen LogP contribution in [0.3, 0.4) is 0 Å². The molecule has 2 rings (SSSR count). The van der Waals surface area contributed by atoms with Gasteiger partial charge in [-0.25, -0.2) is 0 Å². The maximum absolute atomic E-state index is 10.4. The fourth-order valence-electron chi connectivity index (χ4n) is 2.08. The second-order valence-corrected chi connectivity index (χ2v) is 3.74. The van der Waals surface area contributed by atoms with Gasteiger partial charge in [-0.1, -0.05) is 33.1 Å². The van der Waals surface area contributed by atoms with Gasteiger partial charge in [-0.15, -0.1) is 0 Å². The van der Waals surface area contributed by atoms with Crippen LogP contribution in [0.25, 0.3) is 0 Å². The minimum Gasteiger partial charge on any atom is -0.461 e. The van der Waals surface area contributed by atoms with E-state index in [9.17, 15) is 4.79 Å². The van der Waals surface area contributed by atoms with Gasteiger partial charge in [0, 0.05) is 0 Å². The largest absolute Gasteiger partial charge is 0.461 e. The second-order valence-electron chi connectivity index (χ2n) is 3.74. The van der Waals surface area contributed by atoms with Crippen molar-refractivity contribution >= 4 is 6.29 Å². The van der Waals surface area contributed by atoms with Crippen LogP contribution >= 0.6 is 0 Å². The fourth-order valence-corrected chi connectivity index (χ4v) is 2.08. The van der Waals surface area contributed by atoms with Crippen molar-refractivity contribution in [2.75, 3.05) is 0 Å². The van der Waals surface area contributed by atoms with Gasteiger partial charge in [0.2, 0.25) is 0 Å². The highest BCUT2D eigenvalue weighted by molar-refractivity contribution is 5.70. The second kappa shape index (κ2) is 6.44. The van der Waals surface area contributed by atoms with E-state index in [-0.39, 0.29) is 0 Å². The number of carbonyl (C=O) groups excluding carboxylic acids is 1. The van der Waals surface area contributed by atoms with Crippen molar-refractivity contribution in [3.8, 4) is 0 Å². The lowest BCUT2D eigenvalue weighted by Gasteiger charge is -2.19. The molecule has 0 radical (unpaired) electrons. The molecule has 0 bridgehead atoms. The zero-order chi connectivity index (χ0) is 11.1. The summed E-state index contributed by atoms with van der Waals surface area (Å²) in [6, 6.07) is 1.88. The van der Waals surface area contributed by atoms with E-state index in [1.807, 2.05) is 19.9 Å². The SMILES string of the molecule is CC.O=Cc1cc(C2CCCCC2)co1. The van der Waals surface area contributed by atoms with Crippen LogP contribution in [0.4, 0.5) is 0 Å². The van der Waals surface area contributed by atoms with Crippen LogP contribution in [-0.2, 0) is 0 Å². The molecule has 0 atom stereocenters. The van der Waals surface area contributed by atoms with E-state index >= 15 is 0 Å². The maximum Gasteiger partial charge on any atom is 0.185 e. The molecule has 0 aliphatic heterocycles. The van der Waals surface area contributed by atoms with Crippen LogP contribution in [0.2, 0.25) is 0 Å². The Labute approximate surface area is 91.7 Å².